The molecule has 0 spiro atoms. The average Bonchev–Trinajstić information content (AvgIpc) is 2.48. The van der Waals surface area contributed by atoms with Gasteiger partial charge in [-0.1, -0.05) is 25.1 Å². The van der Waals surface area contributed by atoms with Gasteiger partial charge in [0, 0.05) is 11.6 Å². The molecule has 22 heavy (non-hydrogen) atoms. The molecule has 2 aromatic rings. The van der Waals surface area contributed by atoms with Crippen LogP contribution in [-0.2, 0) is 6.42 Å². The van der Waals surface area contributed by atoms with E-state index in [-0.39, 0.29) is 5.78 Å². The van der Waals surface area contributed by atoms with Gasteiger partial charge in [0.1, 0.15) is 5.75 Å². The minimum atomic E-state index is 0.0185. The highest BCUT2D eigenvalue weighted by Gasteiger charge is 2.20. The average molecular weight is 295 g/mol. The summed E-state index contributed by atoms with van der Waals surface area (Å²) in [7, 11) is 0. The summed E-state index contributed by atoms with van der Waals surface area (Å²) >= 11 is 0. The SMILES string of the molecule is CCOc1[c]cccc1C(=O)c1c(C)cc(C)c(CC)c1C. The third-order valence-electron chi connectivity index (χ3n) is 4.06. The molecule has 0 aliphatic heterocycles. The molecule has 1 radical (unpaired) electrons. The van der Waals surface area contributed by atoms with Gasteiger partial charge >= 0.3 is 0 Å². The van der Waals surface area contributed by atoms with E-state index in [1.54, 1.807) is 6.07 Å². The minimum absolute atomic E-state index is 0.0185. The normalized spacial score (nSPS) is 10.6. The predicted octanol–water partition coefficient (Wildman–Crippen LogP) is 4.60. The van der Waals surface area contributed by atoms with Gasteiger partial charge in [0.15, 0.2) is 5.78 Å². The molecule has 0 heterocycles. The van der Waals surface area contributed by atoms with Gasteiger partial charge in [0.25, 0.3) is 0 Å². The van der Waals surface area contributed by atoms with Gasteiger partial charge in [0.05, 0.1) is 12.2 Å². The van der Waals surface area contributed by atoms with E-state index in [4.69, 9.17) is 4.74 Å². The van der Waals surface area contributed by atoms with E-state index in [9.17, 15) is 4.79 Å². The summed E-state index contributed by atoms with van der Waals surface area (Å²) in [6.07, 6.45) is 0.928. The summed E-state index contributed by atoms with van der Waals surface area (Å²) in [5.41, 5.74) is 5.98. The Morgan fingerprint density at radius 3 is 2.55 bits per heavy atom. The summed E-state index contributed by atoms with van der Waals surface area (Å²) in [6.45, 7) is 10.7. The van der Waals surface area contributed by atoms with Crippen LogP contribution in [0.15, 0.2) is 24.3 Å². The summed E-state index contributed by atoms with van der Waals surface area (Å²) in [6, 6.07) is 10.5. The molecule has 0 saturated heterocycles. The summed E-state index contributed by atoms with van der Waals surface area (Å²) < 4.78 is 5.56. The van der Waals surface area contributed by atoms with Crippen LogP contribution in [0.1, 0.15) is 52.0 Å². The van der Waals surface area contributed by atoms with E-state index in [1.165, 1.54) is 11.1 Å². The third-order valence-corrected chi connectivity index (χ3v) is 4.06. The number of rotatable bonds is 5. The number of aryl methyl sites for hydroxylation is 2. The van der Waals surface area contributed by atoms with E-state index < -0.39 is 0 Å². The number of ether oxygens (including phenoxy) is 1. The van der Waals surface area contributed by atoms with Crippen molar-refractivity contribution in [1.29, 1.82) is 0 Å². The molecule has 0 atom stereocenters. The van der Waals surface area contributed by atoms with Crippen molar-refractivity contribution in [3.63, 3.8) is 0 Å². The van der Waals surface area contributed by atoms with Crippen molar-refractivity contribution in [3.05, 3.63) is 63.7 Å². The van der Waals surface area contributed by atoms with Crippen LogP contribution in [-0.4, -0.2) is 12.4 Å². The molecule has 0 saturated carbocycles. The number of carbonyl (C=O) groups is 1. The molecule has 0 aromatic heterocycles. The highest BCUT2D eigenvalue weighted by Crippen LogP contribution is 2.28. The number of carbonyl (C=O) groups excluding carboxylic acids is 1. The maximum Gasteiger partial charge on any atom is 0.197 e. The lowest BCUT2D eigenvalue weighted by Crippen LogP contribution is -2.11. The molecule has 0 aliphatic carbocycles. The summed E-state index contributed by atoms with van der Waals surface area (Å²) in [4.78, 5) is 13.1. The Morgan fingerprint density at radius 2 is 1.91 bits per heavy atom. The molecule has 0 fully saturated rings. The number of ketones is 1. The zero-order valence-corrected chi connectivity index (χ0v) is 14.0. The van der Waals surface area contributed by atoms with Gasteiger partial charge in [-0.3, -0.25) is 4.79 Å². The van der Waals surface area contributed by atoms with E-state index in [0.29, 0.717) is 17.9 Å². The molecule has 0 bridgehead atoms. The molecule has 115 valence electrons. The second kappa shape index (κ2) is 6.78. The fourth-order valence-electron chi connectivity index (χ4n) is 3.12. The second-order valence-corrected chi connectivity index (χ2v) is 5.52. The maximum absolute atomic E-state index is 13.1. The number of hydrogen-bond donors (Lipinski definition) is 0. The molecular weight excluding hydrogens is 272 g/mol. The van der Waals surface area contributed by atoms with Crippen LogP contribution in [0.3, 0.4) is 0 Å². The lowest BCUT2D eigenvalue weighted by molar-refractivity contribution is 0.103. The second-order valence-electron chi connectivity index (χ2n) is 5.52. The molecule has 0 N–H and O–H groups in total. The van der Waals surface area contributed by atoms with E-state index in [2.05, 4.69) is 26.0 Å². The van der Waals surface area contributed by atoms with Crippen LogP contribution >= 0.6 is 0 Å². The fraction of sp³-hybridized carbons (Fsp3) is 0.350. The van der Waals surface area contributed by atoms with Gasteiger partial charge < -0.3 is 4.74 Å². The maximum atomic E-state index is 13.1. The molecule has 2 aromatic carbocycles. The van der Waals surface area contributed by atoms with Gasteiger partial charge in [-0.2, -0.15) is 0 Å². The third kappa shape index (κ3) is 2.92. The fourth-order valence-corrected chi connectivity index (χ4v) is 3.12. The first-order valence-corrected chi connectivity index (χ1v) is 7.79. The number of benzene rings is 2. The highest BCUT2D eigenvalue weighted by molar-refractivity contribution is 6.12. The Morgan fingerprint density at radius 1 is 1.18 bits per heavy atom. The van der Waals surface area contributed by atoms with Gasteiger partial charge in [-0.25, -0.2) is 0 Å². The van der Waals surface area contributed by atoms with Crippen molar-refractivity contribution in [2.75, 3.05) is 6.61 Å². The first kappa shape index (κ1) is 16.3. The summed E-state index contributed by atoms with van der Waals surface area (Å²) in [5, 5.41) is 0. The first-order chi connectivity index (χ1) is 10.5. The van der Waals surface area contributed by atoms with Gasteiger partial charge in [-0.05, 0) is 62.4 Å². The molecular formula is C20H23O2. The highest BCUT2D eigenvalue weighted by atomic mass is 16.5. The Labute approximate surface area is 133 Å². The van der Waals surface area contributed by atoms with Crippen molar-refractivity contribution in [1.82, 2.24) is 0 Å². The topological polar surface area (TPSA) is 26.3 Å². The molecule has 0 amide bonds. The van der Waals surface area contributed by atoms with Crippen molar-refractivity contribution >= 4 is 5.78 Å². The monoisotopic (exact) mass is 295 g/mol. The Bertz CT molecular complexity index is 699. The predicted molar refractivity (Wildman–Crippen MR) is 89.9 cm³/mol. The molecule has 2 nitrogen and oxygen atoms in total. The molecule has 0 aliphatic rings. The quantitative estimate of drug-likeness (QED) is 0.753. The van der Waals surface area contributed by atoms with Crippen molar-refractivity contribution in [2.45, 2.75) is 41.0 Å². The van der Waals surface area contributed by atoms with Crippen LogP contribution in [0.2, 0.25) is 0 Å². The largest absolute Gasteiger partial charge is 0.492 e. The van der Waals surface area contributed by atoms with E-state index in [0.717, 1.165) is 23.1 Å². The van der Waals surface area contributed by atoms with E-state index >= 15 is 0 Å². The van der Waals surface area contributed by atoms with Crippen LogP contribution in [0.4, 0.5) is 0 Å². The smallest absolute Gasteiger partial charge is 0.197 e. The Kier molecular flexibility index (Phi) is 5.02. The summed E-state index contributed by atoms with van der Waals surface area (Å²) in [5.74, 6) is 0.553. The standard InChI is InChI=1S/C20H23O2/c1-6-16-13(3)12-14(4)19(15(16)5)20(21)17-10-8-9-11-18(17)22-7-2/h8-10,12H,6-7H2,1-5H3. The molecule has 2 rings (SSSR count). The van der Waals surface area contributed by atoms with Crippen LogP contribution in [0.5, 0.6) is 5.75 Å². The Balaban J connectivity index is 2.60. The van der Waals surface area contributed by atoms with Crippen LogP contribution < -0.4 is 4.74 Å². The first-order valence-electron chi connectivity index (χ1n) is 7.79. The van der Waals surface area contributed by atoms with Gasteiger partial charge in [-0.15, -0.1) is 0 Å². The lowest BCUT2D eigenvalue weighted by atomic mass is 9.88. The van der Waals surface area contributed by atoms with Crippen LogP contribution in [0, 0.1) is 26.8 Å². The van der Waals surface area contributed by atoms with E-state index in [1.807, 2.05) is 32.9 Å². The number of para-hydroxylation sites is 1. The minimum Gasteiger partial charge on any atom is -0.492 e. The Hall–Kier alpha value is -2.09. The molecule has 2 heteroatoms. The molecule has 0 unspecified atom stereocenters. The van der Waals surface area contributed by atoms with Gasteiger partial charge in [0.2, 0.25) is 0 Å². The van der Waals surface area contributed by atoms with Crippen LogP contribution in [0.25, 0.3) is 0 Å². The zero-order chi connectivity index (χ0) is 16.3. The van der Waals surface area contributed by atoms with Crippen molar-refractivity contribution < 1.29 is 9.53 Å². The zero-order valence-electron chi connectivity index (χ0n) is 14.0. The number of hydrogen-bond acceptors (Lipinski definition) is 2. The lowest BCUT2D eigenvalue weighted by Gasteiger charge is -2.17. The van der Waals surface area contributed by atoms with Crippen molar-refractivity contribution in [3.8, 4) is 5.75 Å². The van der Waals surface area contributed by atoms with Crippen molar-refractivity contribution in [2.24, 2.45) is 0 Å².